The van der Waals surface area contributed by atoms with Gasteiger partial charge in [0, 0.05) is 18.3 Å². The van der Waals surface area contributed by atoms with Gasteiger partial charge in [-0.05, 0) is 55.2 Å². The number of nitrogens with zero attached hydrogens (tertiary/aromatic N) is 1. The molecule has 0 radical (unpaired) electrons. The molecule has 2 aromatic carbocycles. The van der Waals surface area contributed by atoms with Crippen LogP contribution in [0.25, 0.3) is 0 Å². The Morgan fingerprint density at radius 1 is 1.04 bits per heavy atom. The SMILES string of the molecule is CC(=O)N(CC(=O)Nc1ccc(OC(C)C)cc1)c1ccccc1C(C)(C)C. The monoisotopic (exact) mass is 382 g/mol. The Balaban J connectivity index is 2.15. The zero-order chi connectivity index (χ0) is 20.9. The molecule has 2 aromatic rings. The van der Waals surface area contributed by atoms with Crippen molar-refractivity contribution < 1.29 is 14.3 Å². The van der Waals surface area contributed by atoms with Crippen LogP contribution < -0.4 is 15.0 Å². The van der Waals surface area contributed by atoms with Gasteiger partial charge in [-0.1, -0.05) is 39.0 Å². The van der Waals surface area contributed by atoms with E-state index in [0.717, 1.165) is 17.0 Å². The van der Waals surface area contributed by atoms with E-state index in [0.29, 0.717) is 5.69 Å². The highest BCUT2D eigenvalue weighted by Crippen LogP contribution is 2.32. The van der Waals surface area contributed by atoms with Gasteiger partial charge in [0.15, 0.2) is 0 Å². The maximum absolute atomic E-state index is 12.6. The van der Waals surface area contributed by atoms with Crippen molar-refractivity contribution in [3.8, 4) is 5.75 Å². The molecule has 0 saturated heterocycles. The number of amides is 2. The summed E-state index contributed by atoms with van der Waals surface area (Å²) >= 11 is 0. The first-order valence-corrected chi connectivity index (χ1v) is 9.52. The maximum atomic E-state index is 12.6. The molecule has 0 aliphatic heterocycles. The molecular weight excluding hydrogens is 352 g/mol. The zero-order valence-corrected chi connectivity index (χ0v) is 17.6. The third-order valence-corrected chi connectivity index (χ3v) is 4.19. The molecule has 0 fully saturated rings. The molecule has 0 saturated carbocycles. The van der Waals surface area contributed by atoms with Gasteiger partial charge in [0.1, 0.15) is 12.3 Å². The first kappa shape index (κ1) is 21.5. The molecule has 0 heterocycles. The van der Waals surface area contributed by atoms with Crippen molar-refractivity contribution in [2.24, 2.45) is 0 Å². The number of carbonyl (C=O) groups excluding carboxylic acids is 2. The van der Waals surface area contributed by atoms with Gasteiger partial charge in [-0.25, -0.2) is 0 Å². The summed E-state index contributed by atoms with van der Waals surface area (Å²) in [6.45, 7) is 11.6. The molecular formula is C23H30N2O3. The predicted octanol–water partition coefficient (Wildman–Crippen LogP) is 4.76. The number of hydrogen-bond donors (Lipinski definition) is 1. The fraction of sp³-hybridized carbons (Fsp3) is 0.391. The Hall–Kier alpha value is -2.82. The number of carbonyl (C=O) groups is 2. The second-order valence-electron chi connectivity index (χ2n) is 8.11. The molecule has 1 N–H and O–H groups in total. The van der Waals surface area contributed by atoms with Crippen molar-refractivity contribution in [1.82, 2.24) is 0 Å². The Labute approximate surface area is 167 Å². The number of hydrogen-bond acceptors (Lipinski definition) is 3. The Morgan fingerprint density at radius 3 is 2.18 bits per heavy atom. The average Bonchev–Trinajstić information content (AvgIpc) is 2.60. The standard InChI is InChI=1S/C23H30N2O3/c1-16(2)28-19-13-11-18(12-14-19)24-22(27)15-25(17(3)26)21-10-8-7-9-20(21)23(4,5)6/h7-14,16H,15H2,1-6H3,(H,24,27). The molecule has 0 bridgehead atoms. The summed E-state index contributed by atoms with van der Waals surface area (Å²) in [4.78, 5) is 26.4. The lowest BCUT2D eigenvalue weighted by Crippen LogP contribution is -2.38. The molecule has 5 nitrogen and oxygen atoms in total. The summed E-state index contributed by atoms with van der Waals surface area (Å²) in [5.74, 6) is 0.321. The number of ether oxygens (including phenoxy) is 1. The number of nitrogens with one attached hydrogen (secondary N) is 1. The molecule has 0 aromatic heterocycles. The van der Waals surface area contributed by atoms with Crippen LogP contribution in [-0.4, -0.2) is 24.5 Å². The van der Waals surface area contributed by atoms with Gasteiger partial charge in [0.2, 0.25) is 11.8 Å². The van der Waals surface area contributed by atoms with E-state index in [-0.39, 0.29) is 29.9 Å². The van der Waals surface area contributed by atoms with Gasteiger partial charge in [-0.2, -0.15) is 0 Å². The third-order valence-electron chi connectivity index (χ3n) is 4.19. The Kier molecular flexibility index (Phi) is 6.84. The van der Waals surface area contributed by atoms with E-state index in [4.69, 9.17) is 4.74 Å². The summed E-state index contributed by atoms with van der Waals surface area (Å²) < 4.78 is 5.61. The number of anilines is 2. The summed E-state index contributed by atoms with van der Waals surface area (Å²) in [5.41, 5.74) is 2.30. The van der Waals surface area contributed by atoms with Gasteiger partial charge >= 0.3 is 0 Å². The quantitative estimate of drug-likeness (QED) is 0.783. The minimum atomic E-state index is -0.253. The van der Waals surface area contributed by atoms with E-state index in [1.165, 1.54) is 11.8 Å². The van der Waals surface area contributed by atoms with Crippen LogP contribution in [0.15, 0.2) is 48.5 Å². The van der Waals surface area contributed by atoms with Crippen LogP contribution in [0, 0.1) is 0 Å². The van der Waals surface area contributed by atoms with E-state index in [1.54, 1.807) is 12.1 Å². The van der Waals surface area contributed by atoms with Crippen molar-refractivity contribution >= 4 is 23.2 Å². The van der Waals surface area contributed by atoms with Crippen molar-refractivity contribution in [2.45, 2.75) is 53.1 Å². The van der Waals surface area contributed by atoms with Crippen LogP contribution >= 0.6 is 0 Å². The van der Waals surface area contributed by atoms with E-state index in [1.807, 2.05) is 50.2 Å². The number of para-hydroxylation sites is 1. The smallest absolute Gasteiger partial charge is 0.244 e. The van der Waals surface area contributed by atoms with Crippen molar-refractivity contribution in [3.05, 3.63) is 54.1 Å². The molecule has 0 aliphatic carbocycles. The maximum Gasteiger partial charge on any atom is 0.244 e. The zero-order valence-electron chi connectivity index (χ0n) is 17.6. The summed E-state index contributed by atoms with van der Waals surface area (Å²) in [7, 11) is 0. The molecule has 28 heavy (non-hydrogen) atoms. The molecule has 2 amide bonds. The first-order chi connectivity index (χ1) is 13.1. The van der Waals surface area contributed by atoms with Gasteiger partial charge in [0.25, 0.3) is 0 Å². The van der Waals surface area contributed by atoms with Gasteiger partial charge in [-0.3, -0.25) is 9.59 Å². The molecule has 150 valence electrons. The highest BCUT2D eigenvalue weighted by atomic mass is 16.5. The number of benzene rings is 2. The predicted molar refractivity (Wildman–Crippen MR) is 114 cm³/mol. The highest BCUT2D eigenvalue weighted by Gasteiger charge is 2.24. The highest BCUT2D eigenvalue weighted by molar-refractivity contribution is 6.02. The molecule has 0 atom stereocenters. The van der Waals surface area contributed by atoms with Crippen molar-refractivity contribution in [1.29, 1.82) is 0 Å². The number of rotatable bonds is 6. The van der Waals surface area contributed by atoms with Gasteiger partial charge < -0.3 is 15.0 Å². The van der Waals surface area contributed by atoms with Crippen molar-refractivity contribution in [2.75, 3.05) is 16.8 Å². The van der Waals surface area contributed by atoms with Crippen LogP contribution in [0.4, 0.5) is 11.4 Å². The topological polar surface area (TPSA) is 58.6 Å². The second kappa shape index (κ2) is 8.91. The molecule has 0 spiro atoms. The van der Waals surface area contributed by atoms with E-state index in [9.17, 15) is 9.59 Å². The van der Waals surface area contributed by atoms with Crippen molar-refractivity contribution in [3.63, 3.8) is 0 Å². The normalized spacial score (nSPS) is 11.2. The van der Waals surface area contributed by atoms with Crippen LogP contribution in [0.2, 0.25) is 0 Å². The third kappa shape index (κ3) is 5.84. The van der Waals surface area contributed by atoms with Gasteiger partial charge in [0.05, 0.1) is 6.10 Å². The van der Waals surface area contributed by atoms with Crippen LogP contribution in [0.1, 0.15) is 47.1 Å². The minimum Gasteiger partial charge on any atom is -0.491 e. The second-order valence-corrected chi connectivity index (χ2v) is 8.11. The van der Waals surface area contributed by atoms with Crippen LogP contribution in [0.5, 0.6) is 5.75 Å². The first-order valence-electron chi connectivity index (χ1n) is 9.52. The lowest BCUT2D eigenvalue weighted by molar-refractivity contribution is -0.120. The average molecular weight is 383 g/mol. The fourth-order valence-electron chi connectivity index (χ4n) is 2.94. The molecule has 5 heteroatoms. The van der Waals surface area contributed by atoms with Crippen LogP contribution in [0.3, 0.4) is 0 Å². The Bertz CT molecular complexity index is 820. The Morgan fingerprint density at radius 2 is 1.64 bits per heavy atom. The fourth-order valence-corrected chi connectivity index (χ4v) is 2.94. The van der Waals surface area contributed by atoms with E-state index >= 15 is 0 Å². The minimum absolute atomic E-state index is 0.0489. The van der Waals surface area contributed by atoms with E-state index in [2.05, 4.69) is 26.1 Å². The summed E-state index contributed by atoms with van der Waals surface area (Å²) in [5, 5.41) is 2.85. The van der Waals surface area contributed by atoms with Crippen LogP contribution in [-0.2, 0) is 15.0 Å². The molecule has 0 aliphatic rings. The summed E-state index contributed by atoms with van der Waals surface area (Å²) in [6.07, 6.45) is 0.0902. The molecule has 0 unspecified atom stereocenters. The largest absolute Gasteiger partial charge is 0.491 e. The molecule has 2 rings (SSSR count). The summed E-state index contributed by atoms with van der Waals surface area (Å²) in [6, 6.07) is 14.9. The van der Waals surface area contributed by atoms with E-state index < -0.39 is 0 Å². The lowest BCUT2D eigenvalue weighted by Gasteiger charge is -2.29. The van der Waals surface area contributed by atoms with Gasteiger partial charge in [-0.15, -0.1) is 0 Å². The lowest BCUT2D eigenvalue weighted by atomic mass is 9.85.